The predicted octanol–water partition coefficient (Wildman–Crippen LogP) is 6.83. The summed E-state index contributed by atoms with van der Waals surface area (Å²) < 4.78 is 0. The van der Waals surface area contributed by atoms with Crippen LogP contribution in [0.5, 0.6) is 0 Å². The monoisotopic (exact) mass is 504 g/mol. The Morgan fingerprint density at radius 2 is 0.972 bits per heavy atom. The van der Waals surface area contributed by atoms with Gasteiger partial charge >= 0.3 is 11.9 Å². The van der Waals surface area contributed by atoms with Crippen molar-refractivity contribution in [3.8, 4) is 0 Å². The number of nitrogens with zero attached hydrogens (tertiary/aromatic N) is 2. The second kappa shape index (κ2) is 13.1. The standard InChI is InChI=1S/C30H52N2O4/c1-3-5-13-19-29(25-15-9-7-10-16-25)21-31(22-29)35-27(33)28(34)36-32-23-30(24-32,20-14-6-4-2)26-17-11-8-12-18-26/h25-26H,3-24H2,1-2H3. The zero-order chi connectivity index (χ0) is 25.4. The molecule has 0 unspecified atom stereocenters. The van der Waals surface area contributed by atoms with Gasteiger partial charge in [0, 0.05) is 37.0 Å². The van der Waals surface area contributed by atoms with Crippen LogP contribution in [0.4, 0.5) is 0 Å². The summed E-state index contributed by atoms with van der Waals surface area (Å²) in [7, 11) is 0. The summed E-state index contributed by atoms with van der Waals surface area (Å²) in [6, 6.07) is 0. The van der Waals surface area contributed by atoms with Crippen LogP contribution in [0.1, 0.15) is 129 Å². The fourth-order valence-corrected chi connectivity index (χ4v) is 7.88. The lowest BCUT2D eigenvalue weighted by atomic mass is 9.62. The summed E-state index contributed by atoms with van der Waals surface area (Å²) in [5.41, 5.74) is 0.519. The van der Waals surface area contributed by atoms with Crippen molar-refractivity contribution >= 4 is 11.9 Å². The third-order valence-electron chi connectivity index (χ3n) is 10.1. The van der Waals surface area contributed by atoms with Crippen LogP contribution in [0.25, 0.3) is 0 Å². The molecule has 6 heteroatoms. The number of hydrogen-bond donors (Lipinski definition) is 0. The lowest BCUT2D eigenvalue weighted by Crippen LogP contribution is -2.62. The van der Waals surface area contributed by atoms with E-state index in [1.54, 1.807) is 10.1 Å². The van der Waals surface area contributed by atoms with Gasteiger partial charge in [0.15, 0.2) is 0 Å². The first-order valence-electron chi connectivity index (χ1n) is 15.4. The Labute approximate surface area is 219 Å². The second-order valence-corrected chi connectivity index (χ2v) is 12.7. The molecule has 0 radical (unpaired) electrons. The van der Waals surface area contributed by atoms with Crippen molar-refractivity contribution < 1.29 is 19.3 Å². The smallest absolute Gasteiger partial charge is 0.359 e. The lowest BCUT2D eigenvalue weighted by molar-refractivity contribution is -0.274. The quantitative estimate of drug-likeness (QED) is 0.214. The molecule has 4 aliphatic rings. The highest BCUT2D eigenvalue weighted by atomic mass is 16.8. The molecule has 4 fully saturated rings. The van der Waals surface area contributed by atoms with E-state index in [2.05, 4.69) is 13.8 Å². The molecule has 0 atom stereocenters. The Bertz CT molecular complexity index is 642. The van der Waals surface area contributed by atoms with E-state index in [0.717, 1.165) is 38.0 Å². The van der Waals surface area contributed by atoms with E-state index in [1.165, 1.54) is 116 Å². The van der Waals surface area contributed by atoms with Crippen LogP contribution in [0.3, 0.4) is 0 Å². The van der Waals surface area contributed by atoms with Crippen LogP contribution < -0.4 is 0 Å². The lowest BCUT2D eigenvalue weighted by Gasteiger charge is -2.54. The zero-order valence-corrected chi connectivity index (χ0v) is 23.2. The fraction of sp³-hybridized carbons (Fsp3) is 0.933. The summed E-state index contributed by atoms with van der Waals surface area (Å²) >= 11 is 0. The molecule has 0 aromatic carbocycles. The Hall–Kier alpha value is -1.14. The van der Waals surface area contributed by atoms with Gasteiger partial charge in [-0.05, 0) is 50.4 Å². The van der Waals surface area contributed by atoms with Gasteiger partial charge in [-0.3, -0.25) is 0 Å². The molecule has 2 aliphatic carbocycles. The molecular weight excluding hydrogens is 452 g/mol. The molecule has 0 bridgehead atoms. The van der Waals surface area contributed by atoms with Gasteiger partial charge in [0.25, 0.3) is 0 Å². The number of hydroxylamine groups is 4. The first-order chi connectivity index (χ1) is 17.5. The molecule has 2 aliphatic heterocycles. The summed E-state index contributed by atoms with van der Waals surface area (Å²) in [5.74, 6) is -0.262. The predicted molar refractivity (Wildman–Crippen MR) is 142 cm³/mol. The van der Waals surface area contributed by atoms with Gasteiger partial charge in [0.2, 0.25) is 0 Å². The SMILES string of the molecule is CCCCCC1(C2CCCCC2)CN(OC(=O)C(=O)ON2CC(CCCCC)(C3CCCCC3)C2)C1. The number of unbranched alkanes of at least 4 members (excludes halogenated alkanes) is 4. The Morgan fingerprint density at radius 1 is 0.611 bits per heavy atom. The zero-order valence-electron chi connectivity index (χ0n) is 23.2. The molecule has 2 saturated carbocycles. The number of hydrogen-bond acceptors (Lipinski definition) is 6. The fourth-order valence-electron chi connectivity index (χ4n) is 7.88. The third-order valence-corrected chi connectivity index (χ3v) is 10.1. The first-order valence-corrected chi connectivity index (χ1v) is 15.4. The molecule has 2 saturated heterocycles. The molecule has 6 nitrogen and oxygen atoms in total. The molecule has 4 rings (SSSR count). The van der Waals surface area contributed by atoms with Gasteiger partial charge in [0.05, 0.1) is 0 Å². The Kier molecular flexibility index (Phi) is 10.1. The number of carbonyl (C=O) groups excluding carboxylic acids is 2. The van der Waals surface area contributed by atoms with Gasteiger partial charge in [-0.2, -0.15) is 0 Å². The van der Waals surface area contributed by atoms with Crippen molar-refractivity contribution in [2.75, 3.05) is 26.2 Å². The van der Waals surface area contributed by atoms with Crippen LogP contribution in [-0.4, -0.2) is 48.2 Å². The molecular formula is C30H52N2O4. The van der Waals surface area contributed by atoms with Crippen molar-refractivity contribution in [3.05, 3.63) is 0 Å². The van der Waals surface area contributed by atoms with Gasteiger partial charge in [-0.25, -0.2) is 9.59 Å². The van der Waals surface area contributed by atoms with E-state index in [1.807, 2.05) is 0 Å². The van der Waals surface area contributed by atoms with Crippen molar-refractivity contribution in [1.82, 2.24) is 10.1 Å². The summed E-state index contributed by atoms with van der Waals surface area (Å²) in [6.45, 7) is 7.57. The summed E-state index contributed by atoms with van der Waals surface area (Å²) in [6.07, 6.45) is 23.1. The summed E-state index contributed by atoms with van der Waals surface area (Å²) in [4.78, 5) is 36.2. The molecule has 0 aromatic rings. The molecule has 2 heterocycles. The molecule has 0 amide bonds. The van der Waals surface area contributed by atoms with E-state index in [9.17, 15) is 9.59 Å². The van der Waals surface area contributed by atoms with Crippen molar-refractivity contribution in [3.63, 3.8) is 0 Å². The Balaban J connectivity index is 1.23. The van der Waals surface area contributed by atoms with Crippen LogP contribution in [0.15, 0.2) is 0 Å². The molecule has 0 N–H and O–H groups in total. The second-order valence-electron chi connectivity index (χ2n) is 12.7. The first kappa shape index (κ1) is 27.9. The van der Waals surface area contributed by atoms with E-state index in [-0.39, 0.29) is 10.8 Å². The van der Waals surface area contributed by atoms with Gasteiger partial charge < -0.3 is 9.68 Å². The highest BCUT2D eigenvalue weighted by Crippen LogP contribution is 2.50. The topological polar surface area (TPSA) is 59.1 Å². The van der Waals surface area contributed by atoms with Crippen LogP contribution in [0, 0.1) is 22.7 Å². The molecule has 36 heavy (non-hydrogen) atoms. The highest BCUT2D eigenvalue weighted by molar-refractivity contribution is 6.29. The Morgan fingerprint density at radius 3 is 1.31 bits per heavy atom. The van der Waals surface area contributed by atoms with Crippen molar-refractivity contribution in [1.29, 1.82) is 0 Å². The third kappa shape index (κ3) is 6.64. The maximum absolute atomic E-state index is 12.6. The minimum absolute atomic E-state index is 0.259. The number of rotatable bonds is 12. The van der Waals surface area contributed by atoms with E-state index in [0.29, 0.717) is 0 Å². The van der Waals surface area contributed by atoms with Crippen LogP contribution in [-0.2, 0) is 19.3 Å². The average Bonchev–Trinajstić information content (AvgIpc) is 2.86. The summed E-state index contributed by atoms with van der Waals surface area (Å²) in [5, 5.41) is 3.44. The van der Waals surface area contributed by atoms with E-state index in [4.69, 9.17) is 9.68 Å². The van der Waals surface area contributed by atoms with Crippen LogP contribution >= 0.6 is 0 Å². The molecule has 0 spiro atoms. The van der Waals surface area contributed by atoms with Crippen LogP contribution in [0.2, 0.25) is 0 Å². The van der Waals surface area contributed by atoms with Gasteiger partial charge in [0.1, 0.15) is 0 Å². The van der Waals surface area contributed by atoms with Gasteiger partial charge in [-0.1, -0.05) is 90.9 Å². The minimum atomic E-state index is -0.859. The normalized spacial score (nSPS) is 25.1. The largest absolute Gasteiger partial charge is 0.438 e. The van der Waals surface area contributed by atoms with Crippen molar-refractivity contribution in [2.24, 2.45) is 22.7 Å². The van der Waals surface area contributed by atoms with Gasteiger partial charge in [-0.15, -0.1) is 10.1 Å². The maximum Gasteiger partial charge on any atom is 0.438 e. The van der Waals surface area contributed by atoms with Crippen molar-refractivity contribution in [2.45, 2.75) is 129 Å². The average molecular weight is 505 g/mol. The van der Waals surface area contributed by atoms with E-state index >= 15 is 0 Å². The highest BCUT2D eigenvalue weighted by Gasteiger charge is 2.52. The molecule has 206 valence electrons. The maximum atomic E-state index is 12.6. The molecule has 0 aromatic heterocycles. The number of carbonyl (C=O) groups is 2. The minimum Gasteiger partial charge on any atom is -0.359 e. The van der Waals surface area contributed by atoms with E-state index < -0.39 is 11.9 Å².